The average Bonchev–Trinajstić information content (AvgIpc) is 2.92. The molecular weight excluding hydrogens is 316 g/mol. The molecule has 25 heavy (non-hydrogen) atoms. The van der Waals surface area contributed by atoms with Gasteiger partial charge in [0.15, 0.2) is 11.8 Å². The molecule has 0 spiro atoms. The summed E-state index contributed by atoms with van der Waals surface area (Å²) in [6.45, 7) is 7.92. The van der Waals surface area contributed by atoms with Crippen LogP contribution in [0, 0.1) is 13.8 Å². The molecule has 0 radical (unpaired) electrons. The molecule has 1 unspecified atom stereocenters. The van der Waals surface area contributed by atoms with E-state index >= 15 is 0 Å². The molecule has 2 aromatic rings. The quantitative estimate of drug-likeness (QED) is 0.456. The van der Waals surface area contributed by atoms with Crippen LogP contribution in [0.1, 0.15) is 35.7 Å². The molecule has 1 heterocycles. The van der Waals surface area contributed by atoms with Gasteiger partial charge in [0.25, 0.3) is 0 Å². The number of methoxy groups -OCH3 is 1. The van der Waals surface area contributed by atoms with E-state index in [-0.39, 0.29) is 6.04 Å². The summed E-state index contributed by atoms with van der Waals surface area (Å²) >= 11 is 0. The molecule has 1 aromatic heterocycles. The van der Waals surface area contributed by atoms with E-state index in [1.165, 1.54) is 11.1 Å². The van der Waals surface area contributed by atoms with Crippen LogP contribution in [0.4, 0.5) is 0 Å². The molecule has 1 atom stereocenters. The molecule has 7 nitrogen and oxygen atoms in total. The van der Waals surface area contributed by atoms with Crippen molar-refractivity contribution in [3.05, 3.63) is 47.0 Å². The highest BCUT2D eigenvalue weighted by Crippen LogP contribution is 2.16. The molecule has 0 fully saturated rings. The van der Waals surface area contributed by atoms with Crippen LogP contribution in [0.3, 0.4) is 0 Å². The summed E-state index contributed by atoms with van der Waals surface area (Å²) in [5.74, 6) is 2.43. The minimum Gasteiger partial charge on any atom is -0.383 e. The first-order valence-corrected chi connectivity index (χ1v) is 8.47. The molecule has 1 aromatic carbocycles. The van der Waals surface area contributed by atoms with Crippen LogP contribution in [0.25, 0.3) is 0 Å². The lowest BCUT2D eigenvalue weighted by Crippen LogP contribution is -2.40. The monoisotopic (exact) mass is 344 g/mol. The van der Waals surface area contributed by atoms with E-state index in [0.29, 0.717) is 19.7 Å². The lowest BCUT2D eigenvalue weighted by molar-refractivity contribution is 0.203. The Morgan fingerprint density at radius 2 is 2.04 bits per heavy atom. The molecule has 0 aliphatic carbocycles. The van der Waals surface area contributed by atoms with Crippen molar-refractivity contribution in [2.75, 3.05) is 20.3 Å². The Kier molecular flexibility index (Phi) is 6.94. The molecule has 0 saturated carbocycles. The van der Waals surface area contributed by atoms with Gasteiger partial charge in [-0.05, 0) is 31.9 Å². The first-order valence-electron chi connectivity index (χ1n) is 8.47. The number of guanidine groups is 1. The van der Waals surface area contributed by atoms with E-state index in [9.17, 15) is 0 Å². The third kappa shape index (κ3) is 5.29. The van der Waals surface area contributed by atoms with Crippen LogP contribution in [-0.4, -0.2) is 41.0 Å². The summed E-state index contributed by atoms with van der Waals surface area (Å²) < 4.78 is 7.06. The highest BCUT2D eigenvalue weighted by molar-refractivity contribution is 5.80. The zero-order valence-corrected chi connectivity index (χ0v) is 15.7. The number of aryl methyl sites for hydroxylation is 2. The van der Waals surface area contributed by atoms with Crippen molar-refractivity contribution in [2.24, 2.45) is 12.0 Å². The van der Waals surface area contributed by atoms with Gasteiger partial charge in [0.05, 0.1) is 12.6 Å². The number of hydrogen-bond donors (Lipinski definition) is 2. The number of benzene rings is 1. The van der Waals surface area contributed by atoms with Crippen LogP contribution < -0.4 is 10.6 Å². The smallest absolute Gasteiger partial charge is 0.192 e. The molecule has 2 rings (SSSR count). The fraction of sp³-hybridized carbons (Fsp3) is 0.500. The summed E-state index contributed by atoms with van der Waals surface area (Å²) in [5, 5.41) is 15.0. The maximum absolute atomic E-state index is 5.11. The van der Waals surface area contributed by atoms with Crippen molar-refractivity contribution in [1.82, 2.24) is 25.4 Å². The zero-order chi connectivity index (χ0) is 18.2. The second-order valence-corrected chi connectivity index (χ2v) is 6.03. The Balaban J connectivity index is 2.10. The summed E-state index contributed by atoms with van der Waals surface area (Å²) in [7, 11) is 3.63. The van der Waals surface area contributed by atoms with Gasteiger partial charge < -0.3 is 19.9 Å². The third-order valence-electron chi connectivity index (χ3n) is 4.17. The van der Waals surface area contributed by atoms with Gasteiger partial charge in [-0.15, -0.1) is 10.2 Å². The largest absolute Gasteiger partial charge is 0.383 e. The topological polar surface area (TPSA) is 76.4 Å². The van der Waals surface area contributed by atoms with Gasteiger partial charge in [-0.1, -0.05) is 24.3 Å². The lowest BCUT2D eigenvalue weighted by atomic mass is 10.0. The third-order valence-corrected chi connectivity index (χ3v) is 4.17. The fourth-order valence-corrected chi connectivity index (χ4v) is 2.52. The maximum Gasteiger partial charge on any atom is 0.192 e. The van der Waals surface area contributed by atoms with Crippen LogP contribution in [0.2, 0.25) is 0 Å². The first-order chi connectivity index (χ1) is 12.0. The highest BCUT2D eigenvalue weighted by Gasteiger charge is 2.11. The molecule has 0 amide bonds. The van der Waals surface area contributed by atoms with E-state index < -0.39 is 0 Å². The van der Waals surface area contributed by atoms with Gasteiger partial charge in [-0.25, -0.2) is 4.99 Å². The van der Waals surface area contributed by atoms with Crippen molar-refractivity contribution in [3.63, 3.8) is 0 Å². The summed E-state index contributed by atoms with van der Waals surface area (Å²) in [4.78, 5) is 4.65. The Bertz CT molecular complexity index is 709. The normalized spacial score (nSPS) is 12.9. The van der Waals surface area contributed by atoms with Crippen LogP contribution in [0.5, 0.6) is 0 Å². The van der Waals surface area contributed by atoms with Crippen molar-refractivity contribution in [3.8, 4) is 0 Å². The molecule has 0 bridgehead atoms. The minimum atomic E-state index is 0.135. The predicted molar refractivity (Wildman–Crippen MR) is 99.5 cm³/mol. The average molecular weight is 344 g/mol. The van der Waals surface area contributed by atoms with E-state index in [4.69, 9.17) is 4.74 Å². The molecule has 7 heteroatoms. The molecule has 0 aliphatic rings. The maximum atomic E-state index is 5.11. The number of aliphatic imine (C=N–C) groups is 1. The second kappa shape index (κ2) is 9.17. The Morgan fingerprint density at radius 3 is 2.68 bits per heavy atom. The van der Waals surface area contributed by atoms with Crippen LogP contribution in [-0.2, 0) is 18.3 Å². The Labute approximate surface area is 149 Å². The standard InChI is InChI=1S/C18H28N6O/c1-13-8-6-7-9-16(13)14(2)21-18(19-10-11-25-5)20-12-17-23-22-15(3)24(17)4/h6-9,14H,10-12H2,1-5H3,(H2,19,20,21). The summed E-state index contributed by atoms with van der Waals surface area (Å²) in [6.07, 6.45) is 0. The van der Waals surface area contributed by atoms with Crippen molar-refractivity contribution in [2.45, 2.75) is 33.4 Å². The number of aromatic nitrogens is 3. The van der Waals surface area contributed by atoms with E-state index in [0.717, 1.165) is 17.6 Å². The Hall–Kier alpha value is -2.41. The van der Waals surface area contributed by atoms with E-state index in [1.54, 1.807) is 7.11 Å². The van der Waals surface area contributed by atoms with Crippen molar-refractivity contribution < 1.29 is 4.74 Å². The predicted octanol–water partition coefficient (Wildman–Crippen LogP) is 1.87. The SMILES string of the molecule is COCCNC(=NCc1nnc(C)n1C)NC(C)c1ccccc1C. The Morgan fingerprint density at radius 1 is 1.28 bits per heavy atom. The van der Waals surface area contributed by atoms with Gasteiger partial charge in [-0.3, -0.25) is 0 Å². The van der Waals surface area contributed by atoms with Crippen molar-refractivity contribution >= 4 is 5.96 Å². The molecule has 0 saturated heterocycles. The fourth-order valence-electron chi connectivity index (χ4n) is 2.52. The van der Waals surface area contributed by atoms with E-state index in [1.807, 2.05) is 24.6 Å². The molecule has 136 valence electrons. The van der Waals surface area contributed by atoms with Gasteiger partial charge in [0.2, 0.25) is 0 Å². The summed E-state index contributed by atoms with van der Waals surface area (Å²) in [6, 6.07) is 8.49. The number of nitrogens with one attached hydrogen (secondary N) is 2. The van der Waals surface area contributed by atoms with Crippen LogP contribution in [0.15, 0.2) is 29.3 Å². The van der Waals surface area contributed by atoms with Gasteiger partial charge >= 0.3 is 0 Å². The summed E-state index contributed by atoms with van der Waals surface area (Å²) in [5.41, 5.74) is 2.50. The second-order valence-electron chi connectivity index (χ2n) is 6.03. The first kappa shape index (κ1) is 18.9. The lowest BCUT2D eigenvalue weighted by Gasteiger charge is -2.20. The molecule has 0 aliphatic heterocycles. The van der Waals surface area contributed by atoms with E-state index in [2.05, 4.69) is 57.9 Å². The van der Waals surface area contributed by atoms with Crippen LogP contribution >= 0.6 is 0 Å². The number of hydrogen-bond acceptors (Lipinski definition) is 4. The van der Waals surface area contributed by atoms with Gasteiger partial charge in [0, 0.05) is 20.7 Å². The highest BCUT2D eigenvalue weighted by atomic mass is 16.5. The van der Waals surface area contributed by atoms with Crippen molar-refractivity contribution in [1.29, 1.82) is 0 Å². The number of rotatable bonds is 7. The number of ether oxygens (including phenoxy) is 1. The minimum absolute atomic E-state index is 0.135. The molecule has 2 N–H and O–H groups in total. The van der Waals surface area contributed by atoms with Gasteiger partial charge in [0.1, 0.15) is 12.4 Å². The zero-order valence-electron chi connectivity index (χ0n) is 15.7. The van der Waals surface area contributed by atoms with Gasteiger partial charge in [-0.2, -0.15) is 0 Å². The molecular formula is C18H28N6O. The number of nitrogens with zero attached hydrogens (tertiary/aromatic N) is 4.